The van der Waals surface area contributed by atoms with E-state index >= 15 is 0 Å². The third kappa shape index (κ3) is 3.50. The number of rotatable bonds is 4. The molecule has 3 rings (SSSR count). The molecule has 3 heterocycles. The van der Waals surface area contributed by atoms with Crippen LogP contribution in [0.4, 0.5) is 9.80 Å². The van der Waals surface area contributed by atoms with Gasteiger partial charge in [0.2, 0.25) is 0 Å². The predicted molar refractivity (Wildman–Crippen MR) is 86.6 cm³/mol. The van der Waals surface area contributed by atoms with Crippen molar-refractivity contribution in [3.8, 4) is 11.1 Å². The minimum atomic E-state index is -0.228. The topological polar surface area (TPSA) is 71.8 Å². The largest absolute Gasteiger partial charge is 0.334 e. The number of hydrogen-bond acceptors (Lipinski definition) is 4. The van der Waals surface area contributed by atoms with Crippen LogP contribution in [0.2, 0.25) is 0 Å². The van der Waals surface area contributed by atoms with Crippen molar-refractivity contribution in [2.45, 2.75) is 6.54 Å². The van der Waals surface area contributed by atoms with Crippen molar-refractivity contribution in [3.05, 3.63) is 53.9 Å². The van der Waals surface area contributed by atoms with Crippen molar-refractivity contribution in [2.75, 3.05) is 5.32 Å². The van der Waals surface area contributed by atoms with Crippen molar-refractivity contribution in [1.29, 1.82) is 0 Å². The fourth-order valence-electron chi connectivity index (χ4n) is 2.00. The highest BCUT2D eigenvalue weighted by Gasteiger charge is 2.05. The van der Waals surface area contributed by atoms with Gasteiger partial charge in [0.15, 0.2) is 0 Å². The van der Waals surface area contributed by atoms with Gasteiger partial charge in [0, 0.05) is 43.3 Å². The first kappa shape index (κ1) is 14.3. The van der Waals surface area contributed by atoms with Crippen LogP contribution in [0.3, 0.4) is 0 Å². The number of carbonyl (C=O) groups is 1. The molecule has 0 bridgehead atoms. The summed E-state index contributed by atoms with van der Waals surface area (Å²) in [6, 6.07) is 5.51. The molecule has 22 heavy (non-hydrogen) atoms. The Labute approximate surface area is 131 Å². The van der Waals surface area contributed by atoms with E-state index in [1.54, 1.807) is 23.3 Å². The van der Waals surface area contributed by atoms with Crippen molar-refractivity contribution >= 4 is 22.4 Å². The van der Waals surface area contributed by atoms with Gasteiger partial charge < -0.3 is 5.32 Å². The van der Waals surface area contributed by atoms with Crippen LogP contribution in [-0.4, -0.2) is 20.8 Å². The summed E-state index contributed by atoms with van der Waals surface area (Å²) in [5.41, 5.74) is 2.91. The quantitative estimate of drug-likeness (QED) is 0.778. The molecule has 0 aliphatic carbocycles. The molecule has 2 amide bonds. The smallest absolute Gasteiger partial charge is 0.320 e. The van der Waals surface area contributed by atoms with Crippen LogP contribution < -0.4 is 10.6 Å². The zero-order chi connectivity index (χ0) is 15.4. The number of urea groups is 1. The zero-order valence-corrected chi connectivity index (χ0v) is 12.8. The number of amides is 2. The van der Waals surface area contributed by atoms with Crippen LogP contribution in [0.25, 0.3) is 11.1 Å². The van der Waals surface area contributed by atoms with Gasteiger partial charge in [-0.05, 0) is 29.1 Å². The fraction of sp³-hybridized carbons (Fsp3) is 0.133. The van der Waals surface area contributed by atoms with Gasteiger partial charge in [0.1, 0.15) is 0 Å². The summed E-state index contributed by atoms with van der Waals surface area (Å²) in [6.45, 7) is 0.415. The Morgan fingerprint density at radius 1 is 1.32 bits per heavy atom. The van der Waals surface area contributed by atoms with E-state index < -0.39 is 0 Å². The van der Waals surface area contributed by atoms with Gasteiger partial charge in [0.25, 0.3) is 0 Å². The first-order valence-corrected chi connectivity index (χ1v) is 7.60. The van der Waals surface area contributed by atoms with Gasteiger partial charge in [-0.25, -0.2) is 4.79 Å². The van der Waals surface area contributed by atoms with Crippen molar-refractivity contribution in [2.24, 2.45) is 7.05 Å². The molecule has 0 saturated carbocycles. The van der Waals surface area contributed by atoms with Crippen LogP contribution in [0, 0.1) is 0 Å². The van der Waals surface area contributed by atoms with Crippen LogP contribution in [0.5, 0.6) is 0 Å². The Balaban J connectivity index is 1.62. The summed E-state index contributed by atoms with van der Waals surface area (Å²) >= 11 is 1.48. The van der Waals surface area contributed by atoms with Crippen LogP contribution in [0.15, 0.2) is 48.4 Å². The Bertz CT molecular complexity index is 766. The lowest BCUT2D eigenvalue weighted by Crippen LogP contribution is -2.27. The third-order valence-corrected chi connectivity index (χ3v) is 3.83. The number of anilines is 1. The van der Waals surface area contributed by atoms with Crippen LogP contribution in [0.1, 0.15) is 5.56 Å². The van der Waals surface area contributed by atoms with E-state index in [-0.39, 0.29) is 6.03 Å². The number of nitrogens with zero attached hydrogens (tertiary/aromatic N) is 3. The molecule has 0 saturated heterocycles. The molecule has 112 valence electrons. The first-order valence-electron chi connectivity index (χ1n) is 6.72. The minimum absolute atomic E-state index is 0.228. The number of pyridine rings is 1. The summed E-state index contributed by atoms with van der Waals surface area (Å²) in [7, 11) is 1.87. The number of carbonyl (C=O) groups excluding carboxylic acids is 1. The average molecular weight is 313 g/mol. The second-order valence-electron chi connectivity index (χ2n) is 4.77. The number of aryl methyl sites for hydroxylation is 1. The molecule has 2 N–H and O–H groups in total. The van der Waals surface area contributed by atoms with E-state index in [1.807, 2.05) is 36.8 Å². The number of nitrogens with one attached hydrogen (secondary N) is 2. The van der Waals surface area contributed by atoms with Crippen LogP contribution >= 0.6 is 11.3 Å². The van der Waals surface area contributed by atoms with E-state index in [0.29, 0.717) is 6.54 Å². The van der Waals surface area contributed by atoms with Gasteiger partial charge in [-0.2, -0.15) is 5.10 Å². The second-order valence-corrected chi connectivity index (χ2v) is 5.72. The van der Waals surface area contributed by atoms with E-state index in [4.69, 9.17) is 0 Å². The normalized spacial score (nSPS) is 10.4. The summed E-state index contributed by atoms with van der Waals surface area (Å²) in [5, 5.41) is 12.5. The molecule has 0 aromatic carbocycles. The van der Waals surface area contributed by atoms with Gasteiger partial charge in [-0.3, -0.25) is 15.0 Å². The molecule has 0 fully saturated rings. The molecule has 3 aromatic rings. The SMILES string of the molecule is Cn1cc(-c2cncc(CNC(=O)Nc3cccs3)c2)cn1. The van der Waals surface area contributed by atoms with E-state index in [2.05, 4.69) is 20.7 Å². The molecule has 0 radical (unpaired) electrons. The van der Waals surface area contributed by atoms with E-state index in [0.717, 1.165) is 21.7 Å². The van der Waals surface area contributed by atoms with E-state index in [1.165, 1.54) is 11.3 Å². The lowest BCUT2D eigenvalue weighted by molar-refractivity contribution is 0.252. The summed E-state index contributed by atoms with van der Waals surface area (Å²) in [5.74, 6) is 0. The maximum Gasteiger partial charge on any atom is 0.320 e. The van der Waals surface area contributed by atoms with Crippen molar-refractivity contribution < 1.29 is 4.79 Å². The first-order chi connectivity index (χ1) is 10.7. The molecule has 0 atom stereocenters. The summed E-state index contributed by atoms with van der Waals surface area (Å²) in [4.78, 5) is 16.0. The molecule has 6 nitrogen and oxygen atoms in total. The van der Waals surface area contributed by atoms with Gasteiger partial charge in [-0.1, -0.05) is 0 Å². The maximum absolute atomic E-state index is 11.8. The van der Waals surface area contributed by atoms with Gasteiger partial charge >= 0.3 is 6.03 Å². The molecule has 0 aliphatic heterocycles. The summed E-state index contributed by atoms with van der Waals surface area (Å²) in [6.07, 6.45) is 7.24. The van der Waals surface area contributed by atoms with E-state index in [9.17, 15) is 4.79 Å². The Hall–Kier alpha value is -2.67. The monoisotopic (exact) mass is 313 g/mol. The maximum atomic E-state index is 11.8. The standard InChI is InChI=1S/C15H15N5OS/c1-20-10-13(9-18-20)12-5-11(6-16-8-12)7-17-15(21)19-14-3-2-4-22-14/h2-6,8-10H,7H2,1H3,(H2,17,19,21). The highest BCUT2D eigenvalue weighted by Crippen LogP contribution is 2.18. The lowest BCUT2D eigenvalue weighted by Gasteiger charge is -2.07. The minimum Gasteiger partial charge on any atom is -0.334 e. The Kier molecular flexibility index (Phi) is 4.15. The predicted octanol–water partition coefficient (Wildman–Crippen LogP) is 2.87. The summed E-state index contributed by atoms with van der Waals surface area (Å²) < 4.78 is 1.74. The molecule has 7 heteroatoms. The molecular formula is C15H15N5OS. The highest BCUT2D eigenvalue weighted by molar-refractivity contribution is 7.14. The molecular weight excluding hydrogens is 298 g/mol. The highest BCUT2D eigenvalue weighted by atomic mass is 32.1. The number of aromatic nitrogens is 3. The third-order valence-electron chi connectivity index (χ3n) is 3.04. The van der Waals surface area contributed by atoms with Gasteiger partial charge in [0.05, 0.1) is 11.2 Å². The Morgan fingerprint density at radius 2 is 2.23 bits per heavy atom. The van der Waals surface area contributed by atoms with Crippen LogP contribution in [-0.2, 0) is 13.6 Å². The molecule has 0 unspecified atom stereocenters. The van der Waals surface area contributed by atoms with Gasteiger partial charge in [-0.15, -0.1) is 11.3 Å². The number of hydrogen-bond donors (Lipinski definition) is 2. The van der Waals surface area contributed by atoms with Crippen molar-refractivity contribution in [3.63, 3.8) is 0 Å². The fourth-order valence-corrected chi connectivity index (χ4v) is 2.61. The lowest BCUT2D eigenvalue weighted by atomic mass is 10.1. The molecule has 0 aliphatic rings. The van der Waals surface area contributed by atoms with Crippen molar-refractivity contribution in [1.82, 2.24) is 20.1 Å². The number of thiophene rings is 1. The molecule has 3 aromatic heterocycles. The Morgan fingerprint density at radius 3 is 2.95 bits per heavy atom. The second kappa shape index (κ2) is 6.40. The molecule has 0 spiro atoms. The zero-order valence-electron chi connectivity index (χ0n) is 12.0. The average Bonchev–Trinajstić information content (AvgIpc) is 3.17.